The maximum atomic E-state index is 12.5. The van der Waals surface area contributed by atoms with Gasteiger partial charge in [0, 0.05) is 12.2 Å². The first-order chi connectivity index (χ1) is 11.6. The van der Waals surface area contributed by atoms with Crippen LogP contribution in [0.1, 0.15) is 23.1 Å². The third kappa shape index (κ3) is 2.77. The molecule has 124 valence electrons. The zero-order valence-corrected chi connectivity index (χ0v) is 13.4. The van der Waals surface area contributed by atoms with E-state index in [1.807, 2.05) is 48.5 Å². The topological polar surface area (TPSA) is 61.8 Å². The van der Waals surface area contributed by atoms with Crippen molar-refractivity contribution in [3.05, 3.63) is 65.2 Å². The van der Waals surface area contributed by atoms with Crippen LogP contribution in [0.15, 0.2) is 48.5 Å². The number of fused-ring (bicyclic) bond motifs is 1. The van der Waals surface area contributed by atoms with Gasteiger partial charge in [-0.2, -0.15) is 0 Å². The summed E-state index contributed by atoms with van der Waals surface area (Å²) in [5.74, 6) is 0. The molecule has 5 nitrogen and oxygen atoms in total. The lowest BCUT2D eigenvalue weighted by molar-refractivity contribution is 0.0501. The van der Waals surface area contributed by atoms with E-state index in [1.54, 1.807) is 4.90 Å². The molecule has 2 heterocycles. The number of β-amino-alcohol motifs (C(OH)–C–C–N with tert-alkyl or cyclic N) is 1. The van der Waals surface area contributed by atoms with E-state index in [0.29, 0.717) is 32.7 Å². The molecular weight excluding hydrogens is 304 g/mol. The number of nitrogens with zero attached hydrogens (tertiary/aromatic N) is 1. The van der Waals surface area contributed by atoms with Crippen LogP contribution in [0.2, 0.25) is 0 Å². The lowest BCUT2D eigenvalue weighted by atomic mass is 9.93. The first-order valence-electron chi connectivity index (χ1n) is 8.17. The van der Waals surface area contributed by atoms with E-state index in [2.05, 4.69) is 5.32 Å². The minimum atomic E-state index is -0.968. The van der Waals surface area contributed by atoms with Crippen molar-refractivity contribution in [2.24, 2.45) is 0 Å². The second-order valence-corrected chi connectivity index (χ2v) is 6.48. The van der Waals surface area contributed by atoms with Crippen molar-refractivity contribution in [1.82, 2.24) is 4.90 Å². The van der Waals surface area contributed by atoms with E-state index < -0.39 is 5.60 Å². The number of carbonyl (C=O) groups is 1. The first kappa shape index (κ1) is 15.2. The Labute approximate surface area is 140 Å². The van der Waals surface area contributed by atoms with Gasteiger partial charge in [-0.15, -0.1) is 0 Å². The number of carbonyl (C=O) groups excluding carboxylic acids is 1. The number of ether oxygens (including phenoxy) is 1. The molecule has 0 aliphatic carbocycles. The predicted octanol–water partition coefficient (Wildman–Crippen LogP) is 2.84. The largest absolute Gasteiger partial charge is 0.383 e. The number of rotatable bonds is 2. The summed E-state index contributed by atoms with van der Waals surface area (Å²) < 4.78 is 5.39. The Bertz CT molecular complexity index is 762. The third-order valence-electron chi connectivity index (χ3n) is 4.82. The number of urea groups is 1. The molecule has 1 fully saturated rings. The molecule has 2 aromatic carbocycles. The summed E-state index contributed by atoms with van der Waals surface area (Å²) >= 11 is 0. The average molecular weight is 324 g/mol. The summed E-state index contributed by atoms with van der Waals surface area (Å²) in [4.78, 5) is 14.2. The molecule has 2 N–H and O–H groups in total. The van der Waals surface area contributed by atoms with Crippen LogP contribution in [0.25, 0.3) is 0 Å². The molecule has 5 heteroatoms. The van der Waals surface area contributed by atoms with Crippen LogP contribution in [0.5, 0.6) is 0 Å². The molecule has 4 rings (SSSR count). The van der Waals surface area contributed by atoms with Crippen LogP contribution in [0, 0.1) is 0 Å². The Morgan fingerprint density at radius 1 is 1.12 bits per heavy atom. The highest BCUT2D eigenvalue weighted by atomic mass is 16.5. The van der Waals surface area contributed by atoms with E-state index in [0.717, 1.165) is 16.8 Å². The van der Waals surface area contributed by atoms with Crippen molar-refractivity contribution in [2.75, 3.05) is 18.4 Å². The number of hydrogen-bond donors (Lipinski definition) is 2. The quantitative estimate of drug-likeness (QED) is 0.893. The second kappa shape index (κ2) is 5.92. The van der Waals surface area contributed by atoms with E-state index in [4.69, 9.17) is 4.74 Å². The first-order valence-corrected chi connectivity index (χ1v) is 8.17. The van der Waals surface area contributed by atoms with Crippen molar-refractivity contribution in [2.45, 2.75) is 25.2 Å². The summed E-state index contributed by atoms with van der Waals surface area (Å²) in [6, 6.07) is 15.2. The van der Waals surface area contributed by atoms with Crippen LogP contribution < -0.4 is 5.32 Å². The van der Waals surface area contributed by atoms with Gasteiger partial charge < -0.3 is 20.1 Å². The van der Waals surface area contributed by atoms with Crippen molar-refractivity contribution >= 4 is 11.7 Å². The lowest BCUT2D eigenvalue weighted by Crippen LogP contribution is -2.37. The molecule has 2 aliphatic rings. The lowest BCUT2D eigenvalue weighted by Gasteiger charge is -2.24. The van der Waals surface area contributed by atoms with Crippen molar-refractivity contribution in [1.29, 1.82) is 0 Å². The molecule has 0 radical (unpaired) electrons. The van der Waals surface area contributed by atoms with Crippen LogP contribution >= 0.6 is 0 Å². The molecule has 0 unspecified atom stereocenters. The summed E-state index contributed by atoms with van der Waals surface area (Å²) in [5.41, 5.74) is 2.95. The maximum Gasteiger partial charge on any atom is 0.321 e. The molecular formula is C19H20N2O3. The molecule has 2 amide bonds. The van der Waals surface area contributed by atoms with E-state index >= 15 is 0 Å². The van der Waals surface area contributed by atoms with Crippen LogP contribution in [0.3, 0.4) is 0 Å². The molecule has 1 saturated heterocycles. The highest BCUT2D eigenvalue weighted by Crippen LogP contribution is 2.32. The molecule has 0 bridgehead atoms. The molecule has 2 aromatic rings. The van der Waals surface area contributed by atoms with Gasteiger partial charge in [-0.3, -0.25) is 0 Å². The number of aliphatic hydroxyl groups is 1. The van der Waals surface area contributed by atoms with Gasteiger partial charge in [-0.25, -0.2) is 4.79 Å². The van der Waals surface area contributed by atoms with Crippen molar-refractivity contribution in [3.8, 4) is 0 Å². The zero-order valence-electron chi connectivity index (χ0n) is 13.4. The summed E-state index contributed by atoms with van der Waals surface area (Å²) in [6.07, 6.45) is 0.544. The fraction of sp³-hybridized carbons (Fsp3) is 0.316. The molecule has 2 aliphatic heterocycles. The van der Waals surface area contributed by atoms with Gasteiger partial charge in [0.05, 0.1) is 19.8 Å². The van der Waals surface area contributed by atoms with Gasteiger partial charge in [-0.05, 0) is 35.2 Å². The highest BCUT2D eigenvalue weighted by molar-refractivity contribution is 5.89. The van der Waals surface area contributed by atoms with E-state index in [9.17, 15) is 9.90 Å². The van der Waals surface area contributed by atoms with E-state index in [1.165, 1.54) is 5.56 Å². The van der Waals surface area contributed by atoms with Gasteiger partial charge in [0.15, 0.2) is 0 Å². The summed E-state index contributed by atoms with van der Waals surface area (Å²) in [7, 11) is 0. The Kier molecular flexibility index (Phi) is 3.75. The van der Waals surface area contributed by atoms with Gasteiger partial charge in [0.2, 0.25) is 0 Å². The minimum Gasteiger partial charge on any atom is -0.383 e. The smallest absolute Gasteiger partial charge is 0.321 e. The fourth-order valence-corrected chi connectivity index (χ4v) is 3.40. The maximum absolute atomic E-state index is 12.5. The second-order valence-electron chi connectivity index (χ2n) is 6.48. The number of nitrogens with one attached hydrogen (secondary N) is 1. The van der Waals surface area contributed by atoms with Gasteiger partial charge in [-0.1, -0.05) is 36.4 Å². The Hall–Kier alpha value is -2.37. The molecule has 24 heavy (non-hydrogen) atoms. The Morgan fingerprint density at radius 3 is 2.75 bits per heavy atom. The number of benzene rings is 2. The predicted molar refractivity (Wildman–Crippen MR) is 90.5 cm³/mol. The Balaban J connectivity index is 1.44. The molecule has 0 spiro atoms. The highest BCUT2D eigenvalue weighted by Gasteiger charge is 2.39. The SMILES string of the molecule is O=C(Nc1ccc2c(c1)COC2)N1CC[C@@](O)(c2ccccc2)C1. The summed E-state index contributed by atoms with van der Waals surface area (Å²) in [5, 5.41) is 13.8. The average Bonchev–Trinajstić information content (AvgIpc) is 3.22. The molecule has 0 saturated carbocycles. The normalized spacial score (nSPS) is 22.5. The zero-order chi connectivity index (χ0) is 16.6. The summed E-state index contributed by atoms with van der Waals surface area (Å²) in [6.45, 7) is 2.07. The Morgan fingerprint density at radius 2 is 1.92 bits per heavy atom. The molecule has 1 atom stereocenters. The number of anilines is 1. The van der Waals surface area contributed by atoms with Crippen molar-refractivity contribution in [3.63, 3.8) is 0 Å². The van der Waals surface area contributed by atoms with Crippen LogP contribution in [-0.2, 0) is 23.6 Å². The monoisotopic (exact) mass is 324 g/mol. The minimum absolute atomic E-state index is 0.180. The van der Waals surface area contributed by atoms with Gasteiger partial charge in [0.1, 0.15) is 5.60 Å². The van der Waals surface area contributed by atoms with Crippen molar-refractivity contribution < 1.29 is 14.6 Å². The number of amides is 2. The third-order valence-corrected chi connectivity index (χ3v) is 4.82. The number of likely N-dealkylation sites (tertiary alicyclic amines) is 1. The van der Waals surface area contributed by atoms with Gasteiger partial charge in [0.25, 0.3) is 0 Å². The molecule has 0 aromatic heterocycles. The van der Waals surface area contributed by atoms with Crippen LogP contribution in [-0.4, -0.2) is 29.1 Å². The standard InChI is InChI=1S/C19H20N2O3/c22-18(20-17-7-6-14-11-24-12-15(14)10-17)21-9-8-19(23,13-21)16-4-2-1-3-5-16/h1-7,10,23H,8-9,11-13H2,(H,20,22)/t19-/m0/s1. The van der Waals surface area contributed by atoms with Crippen LogP contribution in [0.4, 0.5) is 10.5 Å². The van der Waals surface area contributed by atoms with Gasteiger partial charge >= 0.3 is 6.03 Å². The van der Waals surface area contributed by atoms with E-state index in [-0.39, 0.29) is 6.03 Å². The number of hydrogen-bond acceptors (Lipinski definition) is 3. The fourth-order valence-electron chi connectivity index (χ4n) is 3.40.